The van der Waals surface area contributed by atoms with Crippen LogP contribution in [0.1, 0.15) is 43.9 Å². The Morgan fingerprint density at radius 3 is 2.85 bits per heavy atom. The normalized spacial score (nSPS) is 35.1. The highest BCUT2D eigenvalue weighted by atomic mass is 32.1. The van der Waals surface area contributed by atoms with Crippen LogP contribution >= 0.6 is 12.2 Å². The summed E-state index contributed by atoms with van der Waals surface area (Å²) in [6.45, 7) is 6.58. The fourth-order valence-corrected chi connectivity index (χ4v) is 4.13. The molecule has 1 saturated carbocycles. The van der Waals surface area contributed by atoms with Gasteiger partial charge < -0.3 is 15.0 Å². The summed E-state index contributed by atoms with van der Waals surface area (Å²) >= 11 is 5.62. The molecule has 4 rings (SSSR count). The Morgan fingerprint density at radius 2 is 2.15 bits per heavy atom. The molecule has 2 fully saturated rings. The molecule has 3 atom stereocenters. The zero-order chi connectivity index (χ0) is 14.1. The van der Waals surface area contributed by atoms with Crippen molar-refractivity contribution in [2.24, 2.45) is 5.92 Å². The first kappa shape index (κ1) is 12.5. The van der Waals surface area contributed by atoms with E-state index in [9.17, 15) is 0 Å². The minimum atomic E-state index is -0.326. The predicted molar refractivity (Wildman–Crippen MR) is 82.7 cm³/mol. The number of hydrogen-bond acceptors (Lipinski definition) is 2. The van der Waals surface area contributed by atoms with Crippen molar-refractivity contribution >= 4 is 17.3 Å². The first-order valence-electron chi connectivity index (χ1n) is 7.41. The largest absolute Gasteiger partial charge is 0.467 e. The van der Waals surface area contributed by atoms with E-state index in [1.165, 1.54) is 24.0 Å². The molecule has 2 aliphatic heterocycles. The molecule has 0 amide bonds. The highest BCUT2D eigenvalue weighted by Crippen LogP contribution is 2.51. The number of rotatable bonds is 1. The van der Waals surface area contributed by atoms with Gasteiger partial charge in [-0.3, -0.25) is 0 Å². The van der Waals surface area contributed by atoms with Crippen LogP contribution in [0.3, 0.4) is 0 Å². The van der Waals surface area contributed by atoms with Crippen LogP contribution in [0, 0.1) is 12.8 Å². The molecule has 1 aromatic carbocycles. The highest BCUT2D eigenvalue weighted by molar-refractivity contribution is 7.80. The average Bonchev–Trinajstić information content (AvgIpc) is 3.19. The summed E-state index contributed by atoms with van der Waals surface area (Å²) in [4.78, 5) is 2.30. The molecule has 2 bridgehead atoms. The van der Waals surface area contributed by atoms with Crippen LogP contribution in [0.4, 0.5) is 0 Å². The Balaban J connectivity index is 1.88. The lowest BCUT2D eigenvalue weighted by Crippen LogP contribution is -2.69. The maximum Gasteiger partial charge on any atom is 0.187 e. The predicted octanol–water partition coefficient (Wildman–Crippen LogP) is 3.13. The number of benzene rings is 1. The van der Waals surface area contributed by atoms with Gasteiger partial charge in [0, 0.05) is 17.5 Å². The van der Waals surface area contributed by atoms with E-state index in [0.29, 0.717) is 12.0 Å². The molecular formula is C16H20N2OS. The third kappa shape index (κ3) is 1.48. The maximum atomic E-state index is 6.52. The second kappa shape index (κ2) is 3.88. The lowest BCUT2D eigenvalue weighted by Gasteiger charge is -2.56. The van der Waals surface area contributed by atoms with E-state index in [2.05, 4.69) is 49.2 Å². The second-order valence-corrected chi connectivity index (χ2v) is 6.85. The van der Waals surface area contributed by atoms with Gasteiger partial charge in [-0.25, -0.2) is 0 Å². The third-order valence-corrected chi connectivity index (χ3v) is 5.43. The summed E-state index contributed by atoms with van der Waals surface area (Å²) in [5.74, 6) is 1.41. The molecule has 3 unspecified atom stereocenters. The molecule has 106 valence electrons. The molecule has 1 aromatic rings. The van der Waals surface area contributed by atoms with Crippen LogP contribution in [0.15, 0.2) is 18.2 Å². The number of fused-ring (bicyclic) bond motifs is 4. The Bertz CT molecular complexity index is 598. The summed E-state index contributed by atoms with van der Waals surface area (Å²) in [7, 11) is 0. The van der Waals surface area contributed by atoms with Crippen LogP contribution in [-0.4, -0.2) is 21.8 Å². The second-order valence-electron chi connectivity index (χ2n) is 6.47. The van der Waals surface area contributed by atoms with Gasteiger partial charge in [-0.1, -0.05) is 25.1 Å². The quantitative estimate of drug-likeness (QED) is 0.802. The van der Waals surface area contributed by atoms with Gasteiger partial charge in [-0.2, -0.15) is 0 Å². The maximum absolute atomic E-state index is 6.52. The van der Waals surface area contributed by atoms with Crippen molar-refractivity contribution in [3.8, 4) is 5.75 Å². The molecule has 1 saturated heterocycles. The topological polar surface area (TPSA) is 24.5 Å². The first-order valence-corrected chi connectivity index (χ1v) is 7.81. The van der Waals surface area contributed by atoms with Crippen molar-refractivity contribution in [2.75, 3.05) is 0 Å². The van der Waals surface area contributed by atoms with E-state index in [-0.39, 0.29) is 11.8 Å². The Hall–Kier alpha value is -1.29. The van der Waals surface area contributed by atoms with Gasteiger partial charge in [-0.05, 0) is 44.5 Å². The third-order valence-electron chi connectivity index (χ3n) is 5.12. The van der Waals surface area contributed by atoms with Crippen molar-refractivity contribution < 1.29 is 4.74 Å². The number of nitrogens with zero attached hydrogens (tertiary/aromatic N) is 1. The van der Waals surface area contributed by atoms with Crippen molar-refractivity contribution in [1.82, 2.24) is 10.2 Å². The molecule has 1 aliphatic carbocycles. The first-order chi connectivity index (χ1) is 9.52. The number of aryl methyl sites for hydroxylation is 1. The Labute approximate surface area is 125 Å². The molecule has 20 heavy (non-hydrogen) atoms. The van der Waals surface area contributed by atoms with Gasteiger partial charge in [0.05, 0.1) is 6.04 Å². The number of para-hydroxylation sites is 1. The zero-order valence-corrected chi connectivity index (χ0v) is 13.0. The molecule has 0 radical (unpaired) electrons. The zero-order valence-electron chi connectivity index (χ0n) is 12.1. The van der Waals surface area contributed by atoms with E-state index in [0.717, 1.165) is 10.9 Å². The molecule has 3 nitrogen and oxygen atoms in total. The van der Waals surface area contributed by atoms with Gasteiger partial charge >= 0.3 is 0 Å². The molecule has 2 heterocycles. The smallest absolute Gasteiger partial charge is 0.187 e. The van der Waals surface area contributed by atoms with Crippen molar-refractivity contribution in [3.05, 3.63) is 29.3 Å². The van der Waals surface area contributed by atoms with Crippen LogP contribution in [0.2, 0.25) is 0 Å². The Morgan fingerprint density at radius 1 is 1.40 bits per heavy atom. The summed E-state index contributed by atoms with van der Waals surface area (Å²) < 4.78 is 6.52. The van der Waals surface area contributed by atoms with Gasteiger partial charge in [-0.15, -0.1) is 0 Å². The lowest BCUT2D eigenvalue weighted by atomic mass is 9.80. The summed E-state index contributed by atoms with van der Waals surface area (Å²) in [5.41, 5.74) is 2.12. The summed E-state index contributed by atoms with van der Waals surface area (Å²) in [6, 6.07) is 7.18. The van der Waals surface area contributed by atoms with Crippen LogP contribution in [-0.2, 0) is 0 Å². The SMILES string of the molecule is Cc1cccc2c1OC1(C)C(C)C2NC(=S)N1C1CC1. The molecule has 1 N–H and O–H groups in total. The van der Waals surface area contributed by atoms with Gasteiger partial charge in [0.1, 0.15) is 5.75 Å². The van der Waals surface area contributed by atoms with E-state index in [4.69, 9.17) is 17.0 Å². The average molecular weight is 288 g/mol. The van der Waals surface area contributed by atoms with Crippen LogP contribution < -0.4 is 10.1 Å². The van der Waals surface area contributed by atoms with Crippen molar-refractivity contribution in [1.29, 1.82) is 0 Å². The number of ether oxygens (including phenoxy) is 1. The summed E-state index contributed by atoms with van der Waals surface area (Å²) in [5, 5.41) is 4.41. The molecule has 4 heteroatoms. The van der Waals surface area contributed by atoms with Crippen LogP contribution in [0.25, 0.3) is 0 Å². The Kier molecular flexibility index (Phi) is 2.41. The summed E-state index contributed by atoms with van der Waals surface area (Å²) in [6.07, 6.45) is 2.44. The van der Waals surface area contributed by atoms with Crippen LogP contribution in [0.5, 0.6) is 5.75 Å². The molecule has 3 aliphatic rings. The van der Waals surface area contributed by atoms with Crippen molar-refractivity contribution in [2.45, 2.75) is 51.4 Å². The van der Waals surface area contributed by atoms with E-state index in [1.54, 1.807) is 0 Å². The van der Waals surface area contributed by atoms with E-state index in [1.807, 2.05) is 0 Å². The van der Waals surface area contributed by atoms with Crippen molar-refractivity contribution in [3.63, 3.8) is 0 Å². The van der Waals surface area contributed by atoms with Gasteiger partial charge in [0.15, 0.2) is 10.8 Å². The minimum Gasteiger partial charge on any atom is -0.467 e. The monoisotopic (exact) mass is 288 g/mol. The van der Waals surface area contributed by atoms with E-state index >= 15 is 0 Å². The van der Waals surface area contributed by atoms with Gasteiger partial charge in [0.25, 0.3) is 0 Å². The molecule has 0 aromatic heterocycles. The fraction of sp³-hybridized carbons (Fsp3) is 0.562. The standard InChI is InChI=1S/C16H20N2OS/c1-9-5-4-6-12-13-10(2)16(3,19-14(9)12)18(11-7-8-11)15(20)17-13/h4-6,10-11,13H,7-8H2,1-3H3,(H,17,20). The molecule has 0 spiro atoms. The number of hydrogen-bond donors (Lipinski definition) is 1. The van der Waals surface area contributed by atoms with Gasteiger partial charge in [0.2, 0.25) is 0 Å². The fourth-order valence-electron chi connectivity index (χ4n) is 3.67. The van der Waals surface area contributed by atoms with E-state index < -0.39 is 0 Å². The number of nitrogens with one attached hydrogen (secondary N) is 1. The highest BCUT2D eigenvalue weighted by Gasteiger charge is 2.56. The lowest BCUT2D eigenvalue weighted by molar-refractivity contribution is -0.114. The molecular weight excluding hydrogens is 268 g/mol. The minimum absolute atomic E-state index is 0.256. The number of thiocarbonyl (C=S) groups is 1.